The Bertz CT molecular complexity index is 1940. The number of aliphatic hydroxyl groups is 1. The SMILES string of the molecule is CCC(=O)OC(CC=C(C)C(=O)OC)C(C)C(OC(C)=O)C(CC(C)C(OC(=O)CC(C)C)C1CC(C)CC2(CC(C)CC(C(O)C(C)=CCCC(C)CC(=O)OCCS(=O)(=O)O)O2)O1)OC(=O)CC(C)C. The molecule has 18 nitrogen and oxygen atoms in total. The van der Waals surface area contributed by atoms with Crippen molar-refractivity contribution in [2.75, 3.05) is 19.5 Å². The lowest BCUT2D eigenvalue weighted by molar-refractivity contribution is -0.347. The molecule has 0 aromatic heterocycles. The van der Waals surface area contributed by atoms with E-state index in [1.165, 1.54) is 14.0 Å². The van der Waals surface area contributed by atoms with Gasteiger partial charge in [0.05, 0.1) is 19.3 Å². The zero-order valence-corrected chi connectivity index (χ0v) is 46.3. The third-order valence-corrected chi connectivity index (χ3v) is 13.8. The summed E-state index contributed by atoms with van der Waals surface area (Å²) in [5.74, 6) is -6.72. The Morgan fingerprint density at radius 3 is 1.85 bits per heavy atom. The zero-order valence-electron chi connectivity index (χ0n) is 45.5. The van der Waals surface area contributed by atoms with E-state index in [9.17, 15) is 42.3 Å². The lowest BCUT2D eigenvalue weighted by atomic mass is 9.79. The van der Waals surface area contributed by atoms with Crippen LogP contribution >= 0.6 is 0 Å². The van der Waals surface area contributed by atoms with Crippen molar-refractivity contribution in [3.63, 3.8) is 0 Å². The summed E-state index contributed by atoms with van der Waals surface area (Å²) in [6.45, 7) is 23.0. The first kappa shape index (κ1) is 64.2. The summed E-state index contributed by atoms with van der Waals surface area (Å²) in [4.78, 5) is 77.7. The van der Waals surface area contributed by atoms with E-state index >= 15 is 0 Å². The van der Waals surface area contributed by atoms with Gasteiger partial charge in [0, 0.05) is 63.4 Å². The molecule has 2 aliphatic heterocycles. The van der Waals surface area contributed by atoms with Crippen molar-refractivity contribution in [1.82, 2.24) is 0 Å². The standard InChI is InChI=1S/C53H88O18S/c1-15-45(55)67-41(20-19-37(10)52(60)64-14)39(12)51(66-40(13)54)43(68-47(57)23-31(2)3)28-38(11)50(69-48(58)24-32(4)5)44-26-35(8)30-53(71-44)29-34(7)25-42(70-53)49(59)36(9)18-16-17-33(6)27-46(56)65-21-22-72(61,62)63/h18-19,31-35,38-39,41-44,49-51,59H,15-17,20-30H2,1-14H3,(H,61,62,63). The van der Waals surface area contributed by atoms with Crippen molar-refractivity contribution >= 4 is 45.9 Å². The molecule has 2 heterocycles. The molecular weight excluding hydrogens is 957 g/mol. The Morgan fingerprint density at radius 1 is 0.750 bits per heavy atom. The van der Waals surface area contributed by atoms with Gasteiger partial charge in [-0.25, -0.2) is 4.79 Å². The van der Waals surface area contributed by atoms with Gasteiger partial charge in [0.15, 0.2) is 5.79 Å². The van der Waals surface area contributed by atoms with E-state index in [-0.39, 0.29) is 73.7 Å². The number of hydrogen-bond donors (Lipinski definition) is 2. The molecule has 0 aromatic carbocycles. The molecule has 2 rings (SSSR count). The fraction of sp³-hybridized carbons (Fsp3) is 0.811. The fourth-order valence-electron chi connectivity index (χ4n) is 9.56. The number of esters is 6. The second kappa shape index (κ2) is 30.5. The van der Waals surface area contributed by atoms with Gasteiger partial charge in [-0.3, -0.25) is 28.5 Å². The number of ether oxygens (including phenoxy) is 8. The van der Waals surface area contributed by atoms with Crippen LogP contribution in [0.1, 0.15) is 167 Å². The van der Waals surface area contributed by atoms with E-state index < -0.39 is 119 Å². The van der Waals surface area contributed by atoms with Crippen LogP contribution in [0.3, 0.4) is 0 Å². The van der Waals surface area contributed by atoms with Gasteiger partial charge in [-0.15, -0.1) is 0 Å². The van der Waals surface area contributed by atoms with Crippen LogP contribution in [0.4, 0.5) is 0 Å². The molecular formula is C53H88O18S. The lowest BCUT2D eigenvalue weighted by Gasteiger charge is -2.52. The minimum Gasteiger partial charge on any atom is -0.466 e. The minimum atomic E-state index is -4.25. The first-order valence-electron chi connectivity index (χ1n) is 25.8. The van der Waals surface area contributed by atoms with E-state index in [4.69, 9.17) is 42.4 Å². The number of carbonyl (C=O) groups is 6. The molecule has 0 bridgehead atoms. The quantitative estimate of drug-likeness (QED) is 0.0235. The highest BCUT2D eigenvalue weighted by Crippen LogP contribution is 2.46. The van der Waals surface area contributed by atoms with Gasteiger partial charge >= 0.3 is 35.8 Å². The van der Waals surface area contributed by atoms with Gasteiger partial charge in [-0.2, -0.15) is 8.42 Å². The third kappa shape index (κ3) is 23.1. The maximum absolute atomic E-state index is 13.7. The summed E-state index contributed by atoms with van der Waals surface area (Å²) in [7, 11) is -2.99. The van der Waals surface area contributed by atoms with E-state index in [0.717, 1.165) is 0 Å². The predicted octanol–water partition coefficient (Wildman–Crippen LogP) is 8.20. The van der Waals surface area contributed by atoms with E-state index in [0.29, 0.717) is 44.1 Å². The van der Waals surface area contributed by atoms with Gasteiger partial charge in [0.25, 0.3) is 10.1 Å². The second-order valence-corrected chi connectivity index (χ2v) is 23.0. The highest BCUT2D eigenvalue weighted by molar-refractivity contribution is 7.85. The Morgan fingerprint density at radius 2 is 1.31 bits per heavy atom. The predicted molar refractivity (Wildman–Crippen MR) is 267 cm³/mol. The number of carbonyl (C=O) groups excluding carboxylic acids is 6. The first-order chi connectivity index (χ1) is 33.5. The second-order valence-electron chi connectivity index (χ2n) is 21.4. The van der Waals surface area contributed by atoms with Crippen LogP contribution in [0.25, 0.3) is 0 Å². The van der Waals surface area contributed by atoms with Crippen molar-refractivity contribution in [2.45, 2.75) is 216 Å². The van der Waals surface area contributed by atoms with Crippen LogP contribution in [0.2, 0.25) is 0 Å². The molecule has 0 radical (unpaired) electrons. The van der Waals surface area contributed by atoms with E-state index in [2.05, 4.69) is 13.8 Å². The first-order valence-corrected chi connectivity index (χ1v) is 27.4. The van der Waals surface area contributed by atoms with Crippen LogP contribution in [0.15, 0.2) is 23.3 Å². The summed E-state index contributed by atoms with van der Waals surface area (Å²) in [5, 5.41) is 11.8. The van der Waals surface area contributed by atoms with E-state index in [1.807, 2.05) is 54.5 Å². The number of hydrogen-bond acceptors (Lipinski definition) is 17. The third-order valence-electron chi connectivity index (χ3n) is 13.1. The molecule has 0 amide bonds. The monoisotopic (exact) mass is 1040 g/mol. The maximum atomic E-state index is 13.7. The van der Waals surface area contributed by atoms with Crippen molar-refractivity contribution in [3.05, 3.63) is 23.3 Å². The number of methoxy groups -OCH3 is 1. The van der Waals surface area contributed by atoms with Gasteiger partial charge in [-0.05, 0) is 87.0 Å². The van der Waals surface area contributed by atoms with Gasteiger partial charge in [-0.1, -0.05) is 81.4 Å². The van der Waals surface area contributed by atoms with Crippen LogP contribution < -0.4 is 0 Å². The number of aliphatic hydroxyl groups excluding tert-OH is 1. The minimum absolute atomic E-state index is 0.00666. The fourth-order valence-corrected chi connectivity index (χ4v) is 9.85. The summed E-state index contributed by atoms with van der Waals surface area (Å²) >= 11 is 0. The normalized spacial score (nSPS) is 24.2. The molecule has 13 unspecified atom stereocenters. The van der Waals surface area contributed by atoms with E-state index in [1.54, 1.807) is 26.8 Å². The van der Waals surface area contributed by atoms with Crippen LogP contribution in [-0.4, -0.2) is 122 Å². The molecule has 1 spiro atoms. The Hall–Kier alpha value is -3.91. The Kier molecular flexibility index (Phi) is 27.2. The molecule has 2 aliphatic rings. The average molecular weight is 1050 g/mol. The molecule has 72 heavy (non-hydrogen) atoms. The molecule has 0 saturated carbocycles. The van der Waals surface area contributed by atoms with Crippen LogP contribution in [0.5, 0.6) is 0 Å². The zero-order chi connectivity index (χ0) is 54.7. The van der Waals surface area contributed by atoms with Gasteiger partial charge < -0.3 is 43.0 Å². The largest absolute Gasteiger partial charge is 0.466 e. The topological polar surface area (TPSA) is 251 Å². The maximum Gasteiger partial charge on any atom is 0.333 e. The smallest absolute Gasteiger partial charge is 0.333 e. The molecule has 19 heteroatoms. The average Bonchev–Trinajstić information content (AvgIpc) is 3.25. The van der Waals surface area contributed by atoms with Crippen molar-refractivity contribution < 1.29 is 84.7 Å². The van der Waals surface area contributed by atoms with Gasteiger partial charge in [0.2, 0.25) is 0 Å². The van der Waals surface area contributed by atoms with Crippen LogP contribution in [0, 0.1) is 41.4 Å². The summed E-state index contributed by atoms with van der Waals surface area (Å²) in [6.07, 6.45) is 0.446. The van der Waals surface area contributed by atoms with Crippen LogP contribution in [-0.2, 0) is 76.8 Å². The summed E-state index contributed by atoms with van der Waals surface area (Å²) in [6, 6.07) is 0. The molecule has 2 saturated heterocycles. The van der Waals surface area contributed by atoms with Crippen molar-refractivity contribution in [2.24, 2.45) is 41.4 Å². The molecule has 2 fully saturated rings. The lowest BCUT2D eigenvalue weighted by Crippen LogP contribution is -2.57. The summed E-state index contributed by atoms with van der Waals surface area (Å²) < 4.78 is 79.1. The highest BCUT2D eigenvalue weighted by Gasteiger charge is 2.51. The number of rotatable bonds is 29. The Balaban J connectivity index is 2.54. The van der Waals surface area contributed by atoms with Crippen molar-refractivity contribution in [1.29, 1.82) is 0 Å². The van der Waals surface area contributed by atoms with Gasteiger partial charge in [0.1, 0.15) is 42.9 Å². The molecule has 0 aromatic rings. The number of allylic oxidation sites excluding steroid dienone is 1. The Labute approximate surface area is 429 Å². The molecule has 0 aliphatic carbocycles. The molecule has 2 N–H and O–H groups in total. The highest BCUT2D eigenvalue weighted by atomic mass is 32.2. The molecule has 414 valence electrons. The molecule has 13 atom stereocenters. The van der Waals surface area contributed by atoms with Crippen molar-refractivity contribution in [3.8, 4) is 0 Å². The summed E-state index contributed by atoms with van der Waals surface area (Å²) in [5.41, 5.74) is 0.951.